The molecule has 3 rings (SSSR count). The van der Waals surface area contributed by atoms with Gasteiger partial charge in [-0.15, -0.1) is 11.3 Å². The van der Waals surface area contributed by atoms with E-state index in [1.54, 1.807) is 37.3 Å². The molecule has 1 atom stereocenters. The molecular formula is C18H18ClN5O2S. The van der Waals surface area contributed by atoms with E-state index in [9.17, 15) is 9.59 Å². The fourth-order valence-electron chi connectivity index (χ4n) is 2.46. The molecular weight excluding hydrogens is 386 g/mol. The summed E-state index contributed by atoms with van der Waals surface area (Å²) in [6, 6.07) is 7.93. The molecule has 140 valence electrons. The van der Waals surface area contributed by atoms with Crippen LogP contribution in [-0.2, 0) is 0 Å². The summed E-state index contributed by atoms with van der Waals surface area (Å²) in [5.41, 5.74) is 0.760. The molecule has 0 aliphatic heterocycles. The van der Waals surface area contributed by atoms with Crippen LogP contribution >= 0.6 is 22.9 Å². The summed E-state index contributed by atoms with van der Waals surface area (Å²) in [7, 11) is 0. The van der Waals surface area contributed by atoms with E-state index in [0.29, 0.717) is 39.2 Å². The number of amides is 2. The zero-order valence-electron chi connectivity index (χ0n) is 14.7. The van der Waals surface area contributed by atoms with Crippen LogP contribution < -0.4 is 10.6 Å². The van der Waals surface area contributed by atoms with Gasteiger partial charge in [-0.3, -0.25) is 14.7 Å². The minimum atomic E-state index is -0.317. The Morgan fingerprint density at radius 3 is 2.74 bits per heavy atom. The van der Waals surface area contributed by atoms with Crippen molar-refractivity contribution in [3.8, 4) is 0 Å². The predicted molar refractivity (Wildman–Crippen MR) is 105 cm³/mol. The fraction of sp³-hybridized carbons (Fsp3) is 0.222. The third-order valence-electron chi connectivity index (χ3n) is 3.86. The summed E-state index contributed by atoms with van der Waals surface area (Å²) >= 11 is 7.50. The number of aromatic amines is 1. The van der Waals surface area contributed by atoms with Crippen molar-refractivity contribution in [1.29, 1.82) is 0 Å². The van der Waals surface area contributed by atoms with Gasteiger partial charge in [0.15, 0.2) is 5.82 Å². The number of nitrogens with zero attached hydrogens (tertiary/aromatic N) is 2. The SMILES string of the molecule is CC[C@@H](NC(=O)c1ccc(Cl)c(NC(=O)c2cccs2)c1)c1n[nH]c(C)n1. The molecule has 0 bridgehead atoms. The largest absolute Gasteiger partial charge is 0.342 e. The molecule has 27 heavy (non-hydrogen) atoms. The highest BCUT2D eigenvalue weighted by atomic mass is 35.5. The van der Waals surface area contributed by atoms with Crippen molar-refractivity contribution in [3.63, 3.8) is 0 Å². The maximum Gasteiger partial charge on any atom is 0.265 e. The molecule has 9 heteroatoms. The molecule has 0 aliphatic rings. The first kappa shape index (κ1) is 19.1. The van der Waals surface area contributed by atoms with E-state index in [1.165, 1.54) is 11.3 Å². The number of thiophene rings is 1. The highest BCUT2D eigenvalue weighted by Crippen LogP contribution is 2.25. The minimum Gasteiger partial charge on any atom is -0.342 e. The third-order valence-corrected chi connectivity index (χ3v) is 5.06. The van der Waals surface area contributed by atoms with Crippen LogP contribution in [-0.4, -0.2) is 27.0 Å². The molecule has 2 amide bonds. The average molecular weight is 404 g/mol. The molecule has 0 radical (unpaired) electrons. The van der Waals surface area contributed by atoms with Gasteiger partial charge in [0.05, 0.1) is 21.6 Å². The van der Waals surface area contributed by atoms with Gasteiger partial charge in [-0.1, -0.05) is 24.6 Å². The molecule has 0 fully saturated rings. The Hall–Kier alpha value is -2.71. The van der Waals surface area contributed by atoms with Crippen LogP contribution in [0.3, 0.4) is 0 Å². The first-order valence-corrected chi connectivity index (χ1v) is 9.58. The molecule has 2 aromatic heterocycles. The van der Waals surface area contributed by atoms with E-state index in [-0.39, 0.29) is 17.9 Å². The number of halogens is 1. The van der Waals surface area contributed by atoms with Crippen LogP contribution in [0.5, 0.6) is 0 Å². The zero-order valence-corrected chi connectivity index (χ0v) is 16.3. The number of H-pyrrole nitrogens is 1. The number of aryl methyl sites for hydroxylation is 1. The van der Waals surface area contributed by atoms with Crippen LogP contribution in [0.25, 0.3) is 0 Å². The average Bonchev–Trinajstić information content (AvgIpc) is 3.33. The lowest BCUT2D eigenvalue weighted by atomic mass is 10.1. The normalized spacial score (nSPS) is 11.8. The number of aromatic nitrogens is 3. The van der Waals surface area contributed by atoms with Crippen molar-refractivity contribution in [2.24, 2.45) is 0 Å². The Bertz CT molecular complexity index is 955. The Morgan fingerprint density at radius 2 is 2.11 bits per heavy atom. The van der Waals surface area contributed by atoms with Gasteiger partial charge in [0.2, 0.25) is 0 Å². The zero-order chi connectivity index (χ0) is 19.4. The van der Waals surface area contributed by atoms with E-state index >= 15 is 0 Å². The van der Waals surface area contributed by atoms with Crippen molar-refractivity contribution in [3.05, 3.63) is 62.8 Å². The lowest BCUT2D eigenvalue weighted by Crippen LogP contribution is -2.29. The van der Waals surface area contributed by atoms with Gasteiger partial charge in [0, 0.05) is 5.56 Å². The van der Waals surface area contributed by atoms with E-state index in [2.05, 4.69) is 25.8 Å². The Kier molecular flexibility index (Phi) is 5.88. The number of benzene rings is 1. The standard InChI is InChI=1S/C18H18ClN5O2S/c1-3-13(16-20-10(2)23-24-16)21-17(25)11-6-7-12(19)14(9-11)22-18(26)15-5-4-8-27-15/h4-9,13H,3H2,1-2H3,(H,21,25)(H,22,26)(H,20,23,24)/t13-/m1/s1. The summed E-state index contributed by atoms with van der Waals surface area (Å²) in [4.78, 5) is 29.7. The van der Waals surface area contributed by atoms with Crippen LogP contribution in [0.15, 0.2) is 35.7 Å². The monoisotopic (exact) mass is 403 g/mol. The van der Waals surface area contributed by atoms with E-state index < -0.39 is 0 Å². The lowest BCUT2D eigenvalue weighted by molar-refractivity contribution is 0.0932. The third kappa shape index (κ3) is 4.53. The number of hydrogen-bond donors (Lipinski definition) is 3. The Labute approximate surface area is 165 Å². The Balaban J connectivity index is 1.76. The second-order valence-corrected chi connectivity index (χ2v) is 7.19. The number of anilines is 1. The second kappa shape index (κ2) is 8.32. The summed E-state index contributed by atoms with van der Waals surface area (Å²) in [6.45, 7) is 3.73. The van der Waals surface area contributed by atoms with Gasteiger partial charge >= 0.3 is 0 Å². The van der Waals surface area contributed by atoms with Crippen molar-refractivity contribution >= 4 is 40.4 Å². The molecule has 0 spiro atoms. The van der Waals surface area contributed by atoms with Gasteiger partial charge in [-0.25, -0.2) is 4.98 Å². The van der Waals surface area contributed by atoms with Crippen molar-refractivity contribution < 1.29 is 9.59 Å². The lowest BCUT2D eigenvalue weighted by Gasteiger charge is -2.14. The Morgan fingerprint density at radius 1 is 1.30 bits per heavy atom. The predicted octanol–water partition coefficient (Wildman–Crippen LogP) is 3.96. The summed E-state index contributed by atoms with van der Waals surface area (Å²) < 4.78 is 0. The molecule has 3 N–H and O–H groups in total. The van der Waals surface area contributed by atoms with Crippen LogP contribution in [0.4, 0.5) is 5.69 Å². The van der Waals surface area contributed by atoms with Crippen LogP contribution in [0.1, 0.15) is 51.1 Å². The molecule has 7 nitrogen and oxygen atoms in total. The highest BCUT2D eigenvalue weighted by molar-refractivity contribution is 7.12. The van der Waals surface area contributed by atoms with Gasteiger partial charge in [0.25, 0.3) is 11.8 Å². The molecule has 0 saturated heterocycles. The number of carbonyl (C=O) groups is 2. The van der Waals surface area contributed by atoms with Gasteiger partial charge in [0.1, 0.15) is 5.82 Å². The van der Waals surface area contributed by atoms with E-state index in [1.807, 2.05) is 12.3 Å². The summed E-state index contributed by atoms with van der Waals surface area (Å²) in [5, 5.41) is 14.7. The summed E-state index contributed by atoms with van der Waals surface area (Å²) in [5.74, 6) is 0.644. The molecule has 0 unspecified atom stereocenters. The van der Waals surface area contributed by atoms with Crippen molar-refractivity contribution in [2.75, 3.05) is 5.32 Å². The number of rotatable bonds is 6. The fourth-order valence-corrected chi connectivity index (χ4v) is 3.24. The smallest absolute Gasteiger partial charge is 0.265 e. The van der Waals surface area contributed by atoms with Gasteiger partial charge < -0.3 is 10.6 Å². The van der Waals surface area contributed by atoms with Crippen LogP contribution in [0, 0.1) is 6.92 Å². The molecule has 1 aromatic carbocycles. The topological polar surface area (TPSA) is 99.8 Å². The maximum atomic E-state index is 12.6. The van der Waals surface area contributed by atoms with Gasteiger partial charge in [-0.05, 0) is 43.0 Å². The minimum absolute atomic E-state index is 0.271. The van der Waals surface area contributed by atoms with Crippen molar-refractivity contribution in [1.82, 2.24) is 20.5 Å². The quantitative estimate of drug-likeness (QED) is 0.579. The molecule has 0 saturated carbocycles. The van der Waals surface area contributed by atoms with E-state index in [0.717, 1.165) is 0 Å². The van der Waals surface area contributed by atoms with Crippen molar-refractivity contribution in [2.45, 2.75) is 26.3 Å². The highest BCUT2D eigenvalue weighted by Gasteiger charge is 2.19. The van der Waals surface area contributed by atoms with Crippen LogP contribution in [0.2, 0.25) is 5.02 Å². The number of carbonyl (C=O) groups excluding carboxylic acids is 2. The van der Waals surface area contributed by atoms with Gasteiger partial charge in [-0.2, -0.15) is 5.10 Å². The first-order chi connectivity index (χ1) is 13.0. The molecule has 2 heterocycles. The molecule has 3 aromatic rings. The first-order valence-electron chi connectivity index (χ1n) is 8.32. The molecule has 0 aliphatic carbocycles. The number of hydrogen-bond acceptors (Lipinski definition) is 5. The maximum absolute atomic E-state index is 12.6. The van der Waals surface area contributed by atoms with E-state index in [4.69, 9.17) is 11.6 Å². The summed E-state index contributed by atoms with van der Waals surface area (Å²) in [6.07, 6.45) is 0.637. The number of nitrogens with one attached hydrogen (secondary N) is 3. The second-order valence-electron chi connectivity index (χ2n) is 5.84.